The van der Waals surface area contributed by atoms with Gasteiger partial charge in [-0.15, -0.1) is 0 Å². The average Bonchev–Trinajstić information content (AvgIpc) is 3.20. The molecule has 0 atom stereocenters. The number of para-hydroxylation sites is 1. The van der Waals surface area contributed by atoms with Crippen molar-refractivity contribution in [3.05, 3.63) is 71.4 Å². The molecule has 0 fully saturated rings. The standard InChI is InChI=1S/C22H26N4O3/c1-4-17-9-11-18(12-10-17)28-15-21-24-20(25-29-21)13-14-26(3)22(27)23-19-8-6-5-7-16(19)2/h5-12H,4,13-15H2,1-3H3,(H,23,27). The Morgan fingerprint density at radius 3 is 2.66 bits per heavy atom. The number of carbonyl (C=O) groups excluding carboxylic acids is 1. The maximum atomic E-state index is 12.3. The highest BCUT2D eigenvalue weighted by Gasteiger charge is 2.13. The number of nitrogens with zero attached hydrogens (tertiary/aromatic N) is 3. The van der Waals surface area contributed by atoms with E-state index in [0.29, 0.717) is 24.7 Å². The highest BCUT2D eigenvalue weighted by atomic mass is 16.5. The van der Waals surface area contributed by atoms with Crippen molar-refractivity contribution < 1.29 is 14.1 Å². The van der Waals surface area contributed by atoms with Crippen LogP contribution in [0.15, 0.2) is 53.1 Å². The number of amides is 2. The van der Waals surface area contributed by atoms with Crippen molar-refractivity contribution in [1.82, 2.24) is 15.0 Å². The van der Waals surface area contributed by atoms with E-state index >= 15 is 0 Å². The first kappa shape index (κ1) is 20.4. The lowest BCUT2D eigenvalue weighted by molar-refractivity contribution is 0.222. The molecule has 3 rings (SSSR count). The van der Waals surface area contributed by atoms with Crippen LogP contribution in [0.1, 0.15) is 29.8 Å². The van der Waals surface area contributed by atoms with Gasteiger partial charge < -0.3 is 19.5 Å². The number of urea groups is 1. The molecule has 0 spiro atoms. The van der Waals surface area contributed by atoms with Crippen molar-refractivity contribution in [3.63, 3.8) is 0 Å². The first-order chi connectivity index (χ1) is 14.0. The van der Waals surface area contributed by atoms with Gasteiger partial charge in [0, 0.05) is 25.7 Å². The average molecular weight is 394 g/mol. The van der Waals surface area contributed by atoms with Crippen molar-refractivity contribution in [1.29, 1.82) is 0 Å². The smallest absolute Gasteiger partial charge is 0.321 e. The molecule has 0 saturated heterocycles. The van der Waals surface area contributed by atoms with Gasteiger partial charge in [0.15, 0.2) is 12.4 Å². The predicted molar refractivity (Wildman–Crippen MR) is 111 cm³/mol. The number of aromatic nitrogens is 2. The number of benzene rings is 2. The summed E-state index contributed by atoms with van der Waals surface area (Å²) in [7, 11) is 1.73. The van der Waals surface area contributed by atoms with Crippen LogP contribution in [0.5, 0.6) is 5.75 Å². The Balaban J connectivity index is 1.45. The molecular formula is C22H26N4O3. The molecule has 7 nitrogen and oxygen atoms in total. The number of rotatable bonds is 8. The molecule has 2 amide bonds. The van der Waals surface area contributed by atoms with Gasteiger partial charge >= 0.3 is 6.03 Å². The maximum absolute atomic E-state index is 12.3. The van der Waals surface area contributed by atoms with Crippen LogP contribution in [0.4, 0.5) is 10.5 Å². The van der Waals surface area contributed by atoms with Gasteiger partial charge in [-0.25, -0.2) is 4.79 Å². The summed E-state index contributed by atoms with van der Waals surface area (Å²) < 4.78 is 10.9. The zero-order valence-corrected chi connectivity index (χ0v) is 17.0. The third-order valence-corrected chi connectivity index (χ3v) is 4.61. The van der Waals surface area contributed by atoms with Gasteiger partial charge in [0.05, 0.1) is 0 Å². The molecule has 0 aliphatic heterocycles. The lowest BCUT2D eigenvalue weighted by atomic mass is 10.2. The first-order valence-corrected chi connectivity index (χ1v) is 9.66. The lowest BCUT2D eigenvalue weighted by Gasteiger charge is -2.18. The Hall–Kier alpha value is -3.35. The molecular weight excluding hydrogens is 368 g/mol. The normalized spacial score (nSPS) is 10.6. The van der Waals surface area contributed by atoms with Crippen molar-refractivity contribution in [2.45, 2.75) is 33.3 Å². The molecule has 3 aromatic rings. The zero-order chi connectivity index (χ0) is 20.6. The molecule has 0 unspecified atom stereocenters. The molecule has 0 bridgehead atoms. The Morgan fingerprint density at radius 2 is 1.93 bits per heavy atom. The maximum Gasteiger partial charge on any atom is 0.321 e. The molecule has 0 aliphatic rings. The number of hydrogen-bond acceptors (Lipinski definition) is 5. The van der Waals surface area contributed by atoms with E-state index in [4.69, 9.17) is 9.26 Å². The van der Waals surface area contributed by atoms with Crippen LogP contribution in [-0.2, 0) is 19.4 Å². The minimum absolute atomic E-state index is 0.179. The Kier molecular flexibility index (Phi) is 6.84. The fourth-order valence-corrected chi connectivity index (χ4v) is 2.71. The molecule has 1 aromatic heterocycles. The number of anilines is 1. The van der Waals surface area contributed by atoms with E-state index in [2.05, 4.69) is 22.4 Å². The van der Waals surface area contributed by atoms with Crippen LogP contribution in [0.25, 0.3) is 0 Å². The second-order valence-corrected chi connectivity index (χ2v) is 6.81. The second kappa shape index (κ2) is 9.73. The van der Waals surface area contributed by atoms with Crippen LogP contribution in [-0.4, -0.2) is 34.7 Å². The van der Waals surface area contributed by atoms with Crippen LogP contribution in [0.2, 0.25) is 0 Å². The molecule has 29 heavy (non-hydrogen) atoms. The number of ether oxygens (including phenoxy) is 1. The summed E-state index contributed by atoms with van der Waals surface area (Å²) in [6.07, 6.45) is 1.48. The van der Waals surface area contributed by atoms with Crippen LogP contribution in [0, 0.1) is 6.92 Å². The van der Waals surface area contributed by atoms with Gasteiger partial charge in [-0.3, -0.25) is 0 Å². The number of aryl methyl sites for hydroxylation is 2. The van der Waals surface area contributed by atoms with E-state index < -0.39 is 0 Å². The fourth-order valence-electron chi connectivity index (χ4n) is 2.71. The number of hydrogen-bond donors (Lipinski definition) is 1. The molecule has 152 valence electrons. The molecule has 0 aliphatic carbocycles. The third kappa shape index (κ3) is 5.81. The highest BCUT2D eigenvalue weighted by molar-refractivity contribution is 5.89. The molecule has 1 N–H and O–H groups in total. The lowest BCUT2D eigenvalue weighted by Crippen LogP contribution is -2.33. The minimum atomic E-state index is -0.179. The monoisotopic (exact) mass is 394 g/mol. The minimum Gasteiger partial charge on any atom is -0.484 e. The fraction of sp³-hybridized carbons (Fsp3) is 0.318. The van der Waals surface area contributed by atoms with Crippen molar-refractivity contribution >= 4 is 11.7 Å². The molecule has 0 radical (unpaired) electrons. The Labute approximate surface area is 170 Å². The highest BCUT2D eigenvalue weighted by Crippen LogP contribution is 2.15. The van der Waals surface area contributed by atoms with E-state index in [1.807, 2.05) is 55.5 Å². The number of nitrogens with one attached hydrogen (secondary N) is 1. The molecule has 7 heteroatoms. The predicted octanol–water partition coefficient (Wildman–Crippen LogP) is 4.23. The summed E-state index contributed by atoms with van der Waals surface area (Å²) in [4.78, 5) is 18.2. The van der Waals surface area contributed by atoms with Crippen LogP contribution >= 0.6 is 0 Å². The van der Waals surface area contributed by atoms with Gasteiger partial charge in [-0.2, -0.15) is 4.98 Å². The van der Waals surface area contributed by atoms with Crippen LogP contribution in [0.3, 0.4) is 0 Å². The number of carbonyl (C=O) groups is 1. The SMILES string of the molecule is CCc1ccc(OCc2nc(CCN(C)C(=O)Nc3ccccc3C)no2)cc1. The topological polar surface area (TPSA) is 80.5 Å². The quantitative estimate of drug-likeness (QED) is 0.618. The van der Waals surface area contributed by atoms with Gasteiger partial charge in [0.25, 0.3) is 5.89 Å². The summed E-state index contributed by atoms with van der Waals surface area (Å²) in [5.41, 5.74) is 3.07. The van der Waals surface area contributed by atoms with Gasteiger partial charge in [0.1, 0.15) is 5.75 Å². The van der Waals surface area contributed by atoms with Gasteiger partial charge in [-0.1, -0.05) is 42.4 Å². The van der Waals surface area contributed by atoms with E-state index in [1.54, 1.807) is 11.9 Å². The second-order valence-electron chi connectivity index (χ2n) is 6.81. The van der Waals surface area contributed by atoms with Gasteiger partial charge in [-0.05, 0) is 42.7 Å². The molecule has 1 heterocycles. The Bertz CT molecular complexity index is 937. The summed E-state index contributed by atoms with van der Waals surface area (Å²) in [6, 6.07) is 15.4. The molecule has 2 aromatic carbocycles. The summed E-state index contributed by atoms with van der Waals surface area (Å²) in [5, 5.41) is 6.86. The van der Waals surface area contributed by atoms with Crippen molar-refractivity contribution in [2.24, 2.45) is 0 Å². The summed E-state index contributed by atoms with van der Waals surface area (Å²) in [6.45, 7) is 4.74. The van der Waals surface area contributed by atoms with Crippen molar-refractivity contribution in [2.75, 3.05) is 18.9 Å². The van der Waals surface area contributed by atoms with E-state index in [0.717, 1.165) is 23.4 Å². The molecule has 0 saturated carbocycles. The largest absolute Gasteiger partial charge is 0.484 e. The van der Waals surface area contributed by atoms with Gasteiger partial charge in [0.2, 0.25) is 0 Å². The summed E-state index contributed by atoms with van der Waals surface area (Å²) >= 11 is 0. The Morgan fingerprint density at radius 1 is 1.17 bits per heavy atom. The van der Waals surface area contributed by atoms with Crippen molar-refractivity contribution in [3.8, 4) is 5.75 Å². The summed E-state index contributed by atoms with van der Waals surface area (Å²) in [5.74, 6) is 1.71. The first-order valence-electron chi connectivity index (χ1n) is 9.66. The third-order valence-electron chi connectivity index (χ3n) is 4.61. The van der Waals surface area contributed by atoms with E-state index in [-0.39, 0.29) is 12.6 Å². The van der Waals surface area contributed by atoms with E-state index in [1.165, 1.54) is 5.56 Å². The zero-order valence-electron chi connectivity index (χ0n) is 17.0. The van der Waals surface area contributed by atoms with Crippen LogP contribution < -0.4 is 10.1 Å². The number of likely N-dealkylation sites (N-methyl/N-ethyl adjacent to an activating group) is 1. The van der Waals surface area contributed by atoms with E-state index in [9.17, 15) is 4.79 Å².